The molecular formula is C14H8Cl2O2S2. The van der Waals surface area contributed by atoms with E-state index in [1.807, 2.05) is 0 Å². The summed E-state index contributed by atoms with van der Waals surface area (Å²) in [6, 6.07) is 13.2. The second-order valence-electron chi connectivity index (χ2n) is 3.76. The molecule has 0 spiro atoms. The van der Waals surface area contributed by atoms with Crippen LogP contribution >= 0.6 is 44.8 Å². The van der Waals surface area contributed by atoms with E-state index in [4.69, 9.17) is 23.2 Å². The highest BCUT2D eigenvalue weighted by atomic mass is 35.5. The summed E-state index contributed by atoms with van der Waals surface area (Å²) in [5.41, 5.74) is 0.933. The summed E-state index contributed by atoms with van der Waals surface area (Å²) in [5.74, 6) is 0. The molecule has 0 N–H and O–H groups in total. The first-order valence-electron chi connectivity index (χ1n) is 5.50. The fraction of sp³-hybridized carbons (Fsp3) is 0. The van der Waals surface area contributed by atoms with Crippen LogP contribution in [0.4, 0.5) is 0 Å². The summed E-state index contributed by atoms with van der Waals surface area (Å²) in [6.45, 7) is 0. The Morgan fingerprint density at radius 1 is 0.750 bits per heavy atom. The maximum atomic E-state index is 11.9. The predicted octanol–water partition coefficient (Wildman–Crippen LogP) is 5.36. The van der Waals surface area contributed by atoms with Gasteiger partial charge in [0.2, 0.25) is 10.2 Å². The predicted molar refractivity (Wildman–Crippen MR) is 86.7 cm³/mol. The smallest absolute Gasteiger partial charge is 0.230 e. The Balaban J connectivity index is 1.98. The van der Waals surface area contributed by atoms with Crippen molar-refractivity contribution < 1.29 is 9.59 Å². The molecule has 2 nitrogen and oxygen atoms in total. The van der Waals surface area contributed by atoms with Gasteiger partial charge in [-0.15, -0.1) is 0 Å². The summed E-state index contributed by atoms with van der Waals surface area (Å²) in [5, 5.41) is 0.547. The molecule has 2 aromatic rings. The van der Waals surface area contributed by atoms with Gasteiger partial charge in [-0.05, 0) is 45.9 Å². The van der Waals surface area contributed by atoms with Crippen molar-refractivity contribution in [1.29, 1.82) is 0 Å². The summed E-state index contributed by atoms with van der Waals surface area (Å²) >= 11 is 11.6. The summed E-state index contributed by atoms with van der Waals surface area (Å²) in [6.07, 6.45) is 0. The number of halogens is 2. The van der Waals surface area contributed by atoms with Crippen molar-refractivity contribution in [3.8, 4) is 0 Å². The largest absolute Gasteiger partial charge is 0.281 e. The molecule has 0 unspecified atom stereocenters. The molecule has 0 aliphatic heterocycles. The lowest BCUT2D eigenvalue weighted by Gasteiger charge is -2.01. The van der Waals surface area contributed by atoms with Crippen molar-refractivity contribution in [1.82, 2.24) is 0 Å². The van der Waals surface area contributed by atoms with Crippen LogP contribution in [0.15, 0.2) is 48.5 Å². The van der Waals surface area contributed by atoms with E-state index in [9.17, 15) is 9.59 Å². The van der Waals surface area contributed by atoms with Gasteiger partial charge in [0.1, 0.15) is 0 Å². The second kappa shape index (κ2) is 7.18. The fourth-order valence-corrected chi connectivity index (χ4v) is 3.41. The average molecular weight is 343 g/mol. The molecule has 2 aromatic carbocycles. The van der Waals surface area contributed by atoms with Crippen LogP contribution < -0.4 is 0 Å². The minimum atomic E-state index is -0.215. The van der Waals surface area contributed by atoms with Crippen molar-refractivity contribution in [2.75, 3.05) is 0 Å². The molecular weight excluding hydrogens is 335 g/mol. The van der Waals surface area contributed by atoms with E-state index < -0.39 is 0 Å². The van der Waals surface area contributed by atoms with Crippen LogP contribution in [0, 0.1) is 0 Å². The highest BCUT2D eigenvalue weighted by Gasteiger charge is 2.13. The Morgan fingerprint density at radius 2 is 1.15 bits per heavy atom. The lowest BCUT2D eigenvalue weighted by atomic mass is 10.2. The summed E-state index contributed by atoms with van der Waals surface area (Å²) < 4.78 is 0. The Hall–Kier alpha value is -0.940. The lowest BCUT2D eigenvalue weighted by molar-refractivity contribution is 0.107. The molecule has 0 heterocycles. The zero-order valence-corrected chi connectivity index (χ0v) is 13.2. The minimum absolute atomic E-state index is 0.215. The SMILES string of the molecule is O=C(SSC(=O)c1cccc(Cl)c1)c1cccc(Cl)c1. The third-order valence-electron chi connectivity index (χ3n) is 2.31. The van der Waals surface area contributed by atoms with Gasteiger partial charge in [0.25, 0.3) is 0 Å². The standard InChI is InChI=1S/C14H8Cl2O2S2/c15-11-5-1-3-9(7-11)13(17)19-20-14(18)10-4-2-6-12(16)8-10/h1-8H. The van der Waals surface area contributed by atoms with Gasteiger partial charge < -0.3 is 0 Å². The van der Waals surface area contributed by atoms with Crippen molar-refractivity contribution in [3.05, 3.63) is 69.7 Å². The van der Waals surface area contributed by atoms with Gasteiger partial charge in [-0.1, -0.05) is 47.5 Å². The van der Waals surface area contributed by atoms with Crippen molar-refractivity contribution in [2.45, 2.75) is 0 Å². The molecule has 0 saturated carbocycles. The Bertz CT molecular complexity index is 602. The highest BCUT2D eigenvalue weighted by molar-refractivity contribution is 8.87. The Kier molecular flexibility index (Phi) is 5.54. The van der Waals surface area contributed by atoms with E-state index in [1.54, 1.807) is 48.5 Å². The molecule has 0 aliphatic rings. The number of benzene rings is 2. The Morgan fingerprint density at radius 3 is 1.50 bits per heavy atom. The van der Waals surface area contributed by atoms with Crippen LogP contribution in [0.5, 0.6) is 0 Å². The second-order valence-corrected chi connectivity index (χ2v) is 6.71. The molecule has 0 saturated heterocycles. The molecule has 0 fully saturated rings. The molecule has 0 bridgehead atoms. The molecule has 0 amide bonds. The van der Waals surface area contributed by atoms with Gasteiger partial charge in [-0.3, -0.25) is 9.59 Å². The molecule has 0 aromatic heterocycles. The van der Waals surface area contributed by atoms with E-state index in [0.29, 0.717) is 21.2 Å². The molecule has 102 valence electrons. The summed E-state index contributed by atoms with van der Waals surface area (Å²) in [4.78, 5) is 23.8. The zero-order valence-electron chi connectivity index (χ0n) is 10.0. The van der Waals surface area contributed by atoms with Gasteiger partial charge in [0, 0.05) is 21.2 Å². The number of rotatable bonds is 2. The van der Waals surface area contributed by atoms with Crippen LogP contribution in [-0.2, 0) is 0 Å². The molecule has 6 heteroatoms. The monoisotopic (exact) mass is 342 g/mol. The van der Waals surface area contributed by atoms with Crippen LogP contribution in [0.3, 0.4) is 0 Å². The first-order chi connectivity index (χ1) is 9.56. The fourth-order valence-electron chi connectivity index (χ4n) is 1.40. The minimum Gasteiger partial charge on any atom is -0.281 e. The molecule has 20 heavy (non-hydrogen) atoms. The topological polar surface area (TPSA) is 34.1 Å². The maximum Gasteiger partial charge on any atom is 0.230 e. The number of hydrogen-bond acceptors (Lipinski definition) is 4. The van der Waals surface area contributed by atoms with E-state index in [1.165, 1.54) is 0 Å². The van der Waals surface area contributed by atoms with Crippen LogP contribution in [-0.4, -0.2) is 10.2 Å². The highest BCUT2D eigenvalue weighted by Crippen LogP contribution is 2.30. The third kappa shape index (κ3) is 4.28. The van der Waals surface area contributed by atoms with E-state index >= 15 is 0 Å². The lowest BCUT2D eigenvalue weighted by Crippen LogP contribution is -1.95. The average Bonchev–Trinajstić information content (AvgIpc) is 2.44. The van der Waals surface area contributed by atoms with E-state index in [-0.39, 0.29) is 10.2 Å². The van der Waals surface area contributed by atoms with Crippen LogP contribution in [0.2, 0.25) is 10.0 Å². The third-order valence-corrected chi connectivity index (χ3v) is 4.80. The van der Waals surface area contributed by atoms with Crippen molar-refractivity contribution in [2.24, 2.45) is 0 Å². The zero-order chi connectivity index (χ0) is 14.5. The summed E-state index contributed by atoms with van der Waals surface area (Å²) in [7, 11) is 1.75. The molecule has 0 atom stereocenters. The van der Waals surface area contributed by atoms with Gasteiger partial charge >= 0.3 is 0 Å². The van der Waals surface area contributed by atoms with E-state index in [2.05, 4.69) is 0 Å². The first-order valence-corrected chi connectivity index (χ1v) is 8.41. The van der Waals surface area contributed by atoms with Crippen LogP contribution in [0.1, 0.15) is 20.7 Å². The van der Waals surface area contributed by atoms with Crippen LogP contribution in [0.25, 0.3) is 0 Å². The number of carbonyl (C=O) groups is 2. The normalized spacial score (nSPS) is 10.3. The molecule has 2 rings (SSSR count). The van der Waals surface area contributed by atoms with Crippen molar-refractivity contribution >= 4 is 55.0 Å². The molecule has 0 radical (unpaired) electrons. The first kappa shape index (κ1) is 15.4. The number of carbonyl (C=O) groups excluding carboxylic acids is 2. The van der Waals surface area contributed by atoms with Gasteiger partial charge in [0.15, 0.2) is 0 Å². The van der Waals surface area contributed by atoms with Gasteiger partial charge in [-0.2, -0.15) is 0 Å². The molecule has 0 aliphatic carbocycles. The van der Waals surface area contributed by atoms with Crippen molar-refractivity contribution in [3.63, 3.8) is 0 Å². The maximum absolute atomic E-state index is 11.9. The quantitative estimate of drug-likeness (QED) is 0.688. The number of hydrogen-bond donors (Lipinski definition) is 0. The van der Waals surface area contributed by atoms with Gasteiger partial charge in [0.05, 0.1) is 0 Å². The Labute approximate surface area is 134 Å². The van der Waals surface area contributed by atoms with Gasteiger partial charge in [-0.25, -0.2) is 0 Å². The van der Waals surface area contributed by atoms with E-state index in [0.717, 1.165) is 21.6 Å².